The number of nitrogens with two attached hydrogens (primary N) is 1. The first-order valence-corrected chi connectivity index (χ1v) is 6.43. The van der Waals surface area contributed by atoms with Crippen molar-refractivity contribution in [2.45, 2.75) is 18.2 Å². The standard InChI is InChI=1S/C11H14N2O3S/c1-3-4-11(14)13-9-6-5-8(2)10(7-9)17(12,15)16/h3,5-7H,1,4H2,2H3,(H,13,14)(H2,12,15,16). The van der Waals surface area contributed by atoms with Crippen LogP contribution in [-0.2, 0) is 14.8 Å². The maximum absolute atomic E-state index is 11.3. The fourth-order valence-corrected chi connectivity index (χ4v) is 2.14. The Balaban J connectivity index is 3.05. The van der Waals surface area contributed by atoms with Crippen molar-refractivity contribution in [3.8, 4) is 0 Å². The number of hydrogen-bond donors (Lipinski definition) is 2. The number of sulfonamides is 1. The van der Waals surface area contributed by atoms with Gasteiger partial charge in [-0.2, -0.15) is 0 Å². The number of anilines is 1. The zero-order chi connectivity index (χ0) is 13.1. The molecule has 1 aromatic carbocycles. The highest BCUT2D eigenvalue weighted by Crippen LogP contribution is 2.19. The number of aryl methyl sites for hydroxylation is 1. The Morgan fingerprint density at radius 2 is 2.18 bits per heavy atom. The van der Waals surface area contributed by atoms with Crippen molar-refractivity contribution in [1.82, 2.24) is 0 Å². The Bertz CT molecular complexity index is 550. The van der Waals surface area contributed by atoms with Crippen LogP contribution in [0.3, 0.4) is 0 Å². The molecule has 0 aromatic heterocycles. The Kier molecular flexibility index (Phi) is 4.03. The predicted octanol–water partition coefficient (Wildman–Crippen LogP) is 1.16. The number of benzene rings is 1. The van der Waals surface area contributed by atoms with Crippen molar-refractivity contribution < 1.29 is 13.2 Å². The number of rotatable bonds is 4. The third kappa shape index (κ3) is 3.69. The average molecular weight is 254 g/mol. The van der Waals surface area contributed by atoms with Crippen LogP contribution in [0, 0.1) is 6.92 Å². The SMILES string of the molecule is C=CCC(=O)Nc1ccc(C)c(S(N)(=O)=O)c1. The van der Waals surface area contributed by atoms with Gasteiger partial charge in [-0.1, -0.05) is 12.1 Å². The molecule has 5 nitrogen and oxygen atoms in total. The minimum absolute atomic E-state index is 0.00824. The zero-order valence-corrected chi connectivity index (χ0v) is 10.3. The van der Waals surface area contributed by atoms with E-state index in [0.717, 1.165) is 0 Å². The van der Waals surface area contributed by atoms with Crippen molar-refractivity contribution in [3.63, 3.8) is 0 Å². The Morgan fingerprint density at radius 1 is 1.53 bits per heavy atom. The molecule has 0 aliphatic carbocycles. The van der Waals surface area contributed by atoms with Gasteiger partial charge in [0.05, 0.1) is 4.90 Å². The third-order valence-electron chi connectivity index (χ3n) is 2.11. The van der Waals surface area contributed by atoms with Gasteiger partial charge >= 0.3 is 0 Å². The highest BCUT2D eigenvalue weighted by molar-refractivity contribution is 7.89. The second kappa shape index (κ2) is 5.11. The molecule has 17 heavy (non-hydrogen) atoms. The highest BCUT2D eigenvalue weighted by atomic mass is 32.2. The number of nitrogens with one attached hydrogen (secondary N) is 1. The molecule has 0 atom stereocenters. The lowest BCUT2D eigenvalue weighted by atomic mass is 10.2. The summed E-state index contributed by atoms with van der Waals surface area (Å²) >= 11 is 0. The van der Waals surface area contributed by atoms with Gasteiger partial charge in [-0.05, 0) is 24.6 Å². The van der Waals surface area contributed by atoms with Crippen LogP contribution >= 0.6 is 0 Å². The van der Waals surface area contributed by atoms with Gasteiger partial charge in [0.15, 0.2) is 0 Å². The molecule has 92 valence electrons. The van der Waals surface area contributed by atoms with Gasteiger partial charge in [-0.25, -0.2) is 13.6 Å². The minimum atomic E-state index is -3.78. The topological polar surface area (TPSA) is 89.3 Å². The van der Waals surface area contributed by atoms with E-state index in [9.17, 15) is 13.2 Å². The fraction of sp³-hybridized carbons (Fsp3) is 0.182. The summed E-state index contributed by atoms with van der Waals surface area (Å²) in [6, 6.07) is 4.54. The first-order chi connectivity index (χ1) is 7.84. The Hall–Kier alpha value is -1.66. The van der Waals surface area contributed by atoms with Gasteiger partial charge < -0.3 is 5.32 Å². The van der Waals surface area contributed by atoms with Gasteiger partial charge in [-0.15, -0.1) is 6.58 Å². The molecule has 0 unspecified atom stereocenters. The summed E-state index contributed by atoms with van der Waals surface area (Å²) in [6.07, 6.45) is 1.63. The summed E-state index contributed by atoms with van der Waals surface area (Å²) < 4.78 is 22.5. The summed E-state index contributed by atoms with van der Waals surface area (Å²) in [5.41, 5.74) is 0.931. The molecule has 0 heterocycles. The van der Waals surface area contributed by atoms with Crippen molar-refractivity contribution in [1.29, 1.82) is 0 Å². The molecule has 6 heteroatoms. The normalized spacial score (nSPS) is 10.9. The number of amides is 1. The Morgan fingerprint density at radius 3 is 2.71 bits per heavy atom. The van der Waals surface area contributed by atoms with Crippen LogP contribution in [0.2, 0.25) is 0 Å². The van der Waals surface area contributed by atoms with Crippen LogP contribution < -0.4 is 10.5 Å². The fourth-order valence-electron chi connectivity index (χ4n) is 1.33. The molecule has 1 amide bonds. The third-order valence-corrected chi connectivity index (χ3v) is 3.16. The molecule has 0 saturated heterocycles. The van der Waals surface area contributed by atoms with E-state index in [-0.39, 0.29) is 17.2 Å². The van der Waals surface area contributed by atoms with E-state index in [1.54, 1.807) is 19.1 Å². The van der Waals surface area contributed by atoms with Crippen LogP contribution in [-0.4, -0.2) is 14.3 Å². The first-order valence-electron chi connectivity index (χ1n) is 4.89. The van der Waals surface area contributed by atoms with Gasteiger partial charge in [0.2, 0.25) is 15.9 Å². The summed E-state index contributed by atoms with van der Waals surface area (Å²) in [7, 11) is -3.78. The molecule has 1 aromatic rings. The zero-order valence-electron chi connectivity index (χ0n) is 9.43. The lowest BCUT2D eigenvalue weighted by Gasteiger charge is -2.08. The number of carbonyl (C=O) groups is 1. The van der Waals surface area contributed by atoms with Gasteiger partial charge in [0, 0.05) is 12.1 Å². The summed E-state index contributed by atoms with van der Waals surface area (Å²) in [5.74, 6) is -0.260. The van der Waals surface area contributed by atoms with Crippen molar-refractivity contribution in [2.24, 2.45) is 5.14 Å². The van der Waals surface area contributed by atoms with Crippen LogP contribution in [0.4, 0.5) is 5.69 Å². The predicted molar refractivity (Wildman–Crippen MR) is 66.0 cm³/mol. The van der Waals surface area contributed by atoms with Crippen LogP contribution in [0.15, 0.2) is 35.7 Å². The second-order valence-corrected chi connectivity index (χ2v) is 5.10. The lowest BCUT2D eigenvalue weighted by Crippen LogP contribution is -2.15. The van der Waals surface area contributed by atoms with Gasteiger partial charge in [0.1, 0.15) is 0 Å². The van der Waals surface area contributed by atoms with Gasteiger partial charge in [-0.3, -0.25) is 4.79 Å². The molecule has 0 fully saturated rings. The molecule has 3 N–H and O–H groups in total. The van der Waals surface area contributed by atoms with E-state index in [1.807, 2.05) is 0 Å². The molecule has 1 rings (SSSR count). The quantitative estimate of drug-likeness (QED) is 0.790. The smallest absolute Gasteiger partial charge is 0.238 e. The molecule has 0 bridgehead atoms. The average Bonchev–Trinajstić information content (AvgIpc) is 2.19. The number of carbonyl (C=O) groups excluding carboxylic acids is 1. The van der Waals surface area contributed by atoms with E-state index >= 15 is 0 Å². The number of hydrogen-bond acceptors (Lipinski definition) is 3. The summed E-state index contributed by atoms with van der Waals surface area (Å²) in [5, 5.41) is 7.61. The van der Waals surface area contributed by atoms with E-state index in [1.165, 1.54) is 12.1 Å². The molecule has 0 saturated carbocycles. The van der Waals surface area contributed by atoms with Crippen LogP contribution in [0.25, 0.3) is 0 Å². The largest absolute Gasteiger partial charge is 0.326 e. The van der Waals surface area contributed by atoms with Crippen molar-refractivity contribution >= 4 is 21.6 Å². The first kappa shape index (κ1) is 13.4. The van der Waals surface area contributed by atoms with Gasteiger partial charge in [0.25, 0.3) is 0 Å². The van der Waals surface area contributed by atoms with Crippen LogP contribution in [0.5, 0.6) is 0 Å². The highest BCUT2D eigenvalue weighted by Gasteiger charge is 2.12. The van der Waals surface area contributed by atoms with E-state index in [0.29, 0.717) is 11.3 Å². The molecule has 0 aliphatic heterocycles. The van der Waals surface area contributed by atoms with E-state index in [2.05, 4.69) is 11.9 Å². The second-order valence-electron chi connectivity index (χ2n) is 3.57. The van der Waals surface area contributed by atoms with Crippen molar-refractivity contribution in [3.05, 3.63) is 36.4 Å². The molecule has 0 radical (unpaired) electrons. The molecular formula is C11H14N2O3S. The van der Waals surface area contributed by atoms with E-state index < -0.39 is 10.0 Å². The van der Waals surface area contributed by atoms with Crippen molar-refractivity contribution in [2.75, 3.05) is 5.32 Å². The minimum Gasteiger partial charge on any atom is -0.326 e. The summed E-state index contributed by atoms with van der Waals surface area (Å²) in [6.45, 7) is 5.07. The molecule has 0 spiro atoms. The molecule has 0 aliphatic rings. The summed E-state index contributed by atoms with van der Waals surface area (Å²) in [4.78, 5) is 11.3. The van der Waals surface area contributed by atoms with E-state index in [4.69, 9.17) is 5.14 Å². The maximum atomic E-state index is 11.3. The maximum Gasteiger partial charge on any atom is 0.238 e. The Labute approximate surface area is 100 Å². The van der Waals surface area contributed by atoms with Crippen LogP contribution in [0.1, 0.15) is 12.0 Å². The molecular weight excluding hydrogens is 240 g/mol. The monoisotopic (exact) mass is 254 g/mol. The number of primary sulfonamides is 1. The lowest BCUT2D eigenvalue weighted by molar-refractivity contribution is -0.115.